The average molecular weight is 336 g/mol. The van der Waals surface area contributed by atoms with Crippen molar-refractivity contribution in [1.82, 2.24) is 10.2 Å². The smallest absolute Gasteiger partial charge is 0.162 e. The lowest BCUT2D eigenvalue weighted by atomic mass is 9.98. The number of nitrogen functional groups attached to an aromatic ring is 1. The van der Waals surface area contributed by atoms with Gasteiger partial charge in [-0.3, -0.25) is 0 Å². The van der Waals surface area contributed by atoms with Crippen LogP contribution in [0.1, 0.15) is 11.1 Å². The summed E-state index contributed by atoms with van der Waals surface area (Å²) in [6, 6.07) is 9.98. The van der Waals surface area contributed by atoms with Gasteiger partial charge < -0.3 is 20.1 Å². The maximum absolute atomic E-state index is 5.96. The molecule has 128 valence electrons. The Morgan fingerprint density at radius 2 is 1.84 bits per heavy atom. The van der Waals surface area contributed by atoms with Crippen molar-refractivity contribution < 1.29 is 9.47 Å². The second-order valence-electron chi connectivity index (χ2n) is 6.15. The molecule has 0 spiro atoms. The Labute approximate surface area is 146 Å². The standard InChI is InChI=1S/C19H20N4O2/c1-24-18-8-15-16(9-19(18)25-2)22-21-10-17(15)23-6-5-12-3-4-14(20)7-13(12)11-23/h3-4,7-10H,5-6,11,20H2,1-2H3. The van der Waals surface area contributed by atoms with Crippen molar-refractivity contribution in [1.29, 1.82) is 0 Å². The molecule has 1 aliphatic rings. The van der Waals surface area contributed by atoms with Gasteiger partial charge in [-0.25, -0.2) is 0 Å². The Hall–Kier alpha value is -3.02. The van der Waals surface area contributed by atoms with Crippen molar-refractivity contribution >= 4 is 22.3 Å². The highest BCUT2D eigenvalue weighted by molar-refractivity contribution is 5.93. The van der Waals surface area contributed by atoms with E-state index in [1.165, 1.54) is 11.1 Å². The monoisotopic (exact) mass is 336 g/mol. The molecule has 0 radical (unpaired) electrons. The molecule has 1 aromatic heterocycles. The van der Waals surface area contributed by atoms with Gasteiger partial charge in [0.15, 0.2) is 11.5 Å². The molecule has 1 aliphatic heterocycles. The molecule has 2 N–H and O–H groups in total. The van der Waals surface area contributed by atoms with Crippen molar-refractivity contribution in [3.8, 4) is 11.5 Å². The van der Waals surface area contributed by atoms with Gasteiger partial charge in [0.1, 0.15) is 0 Å². The molecule has 0 atom stereocenters. The van der Waals surface area contributed by atoms with Crippen LogP contribution < -0.4 is 20.1 Å². The lowest BCUT2D eigenvalue weighted by molar-refractivity contribution is 0.355. The van der Waals surface area contributed by atoms with Crippen LogP contribution in [0, 0.1) is 0 Å². The lowest BCUT2D eigenvalue weighted by Crippen LogP contribution is -2.30. The first kappa shape index (κ1) is 15.5. The Morgan fingerprint density at radius 3 is 2.64 bits per heavy atom. The molecule has 2 aromatic carbocycles. The zero-order chi connectivity index (χ0) is 17.4. The molecule has 4 rings (SSSR count). The summed E-state index contributed by atoms with van der Waals surface area (Å²) >= 11 is 0. The maximum Gasteiger partial charge on any atom is 0.162 e. The van der Waals surface area contributed by atoms with Gasteiger partial charge in [0, 0.05) is 30.2 Å². The number of fused-ring (bicyclic) bond motifs is 2. The molecule has 25 heavy (non-hydrogen) atoms. The first-order chi connectivity index (χ1) is 12.2. The second-order valence-corrected chi connectivity index (χ2v) is 6.15. The number of methoxy groups -OCH3 is 2. The molecule has 0 bridgehead atoms. The number of ether oxygens (including phenoxy) is 2. The third-order valence-electron chi connectivity index (χ3n) is 4.71. The third kappa shape index (κ3) is 2.69. The summed E-state index contributed by atoms with van der Waals surface area (Å²) < 4.78 is 10.8. The largest absolute Gasteiger partial charge is 0.493 e. The first-order valence-corrected chi connectivity index (χ1v) is 8.19. The number of aromatic nitrogens is 2. The van der Waals surface area contributed by atoms with Crippen molar-refractivity contribution in [2.75, 3.05) is 31.4 Å². The number of rotatable bonds is 3. The van der Waals surface area contributed by atoms with Crippen LogP contribution in [0.5, 0.6) is 11.5 Å². The van der Waals surface area contributed by atoms with Crippen LogP contribution in [0.4, 0.5) is 11.4 Å². The quantitative estimate of drug-likeness (QED) is 0.742. The summed E-state index contributed by atoms with van der Waals surface area (Å²) in [5.41, 5.74) is 11.2. The highest BCUT2D eigenvalue weighted by Crippen LogP contribution is 2.36. The molecule has 0 amide bonds. The van der Waals surface area contributed by atoms with Crippen molar-refractivity contribution in [2.45, 2.75) is 13.0 Å². The molecule has 3 aromatic rings. The summed E-state index contributed by atoms with van der Waals surface area (Å²) in [6.45, 7) is 1.72. The molecule has 0 saturated heterocycles. The Kier molecular flexibility index (Phi) is 3.80. The van der Waals surface area contributed by atoms with E-state index in [2.05, 4.69) is 27.2 Å². The normalized spacial score (nSPS) is 13.6. The van der Waals surface area contributed by atoms with Crippen LogP contribution in [0.2, 0.25) is 0 Å². The fourth-order valence-electron chi connectivity index (χ4n) is 3.41. The number of hydrogen-bond acceptors (Lipinski definition) is 6. The fourth-order valence-corrected chi connectivity index (χ4v) is 3.41. The van der Waals surface area contributed by atoms with Gasteiger partial charge in [-0.15, -0.1) is 0 Å². The first-order valence-electron chi connectivity index (χ1n) is 8.19. The van der Waals surface area contributed by atoms with Gasteiger partial charge in [0.2, 0.25) is 0 Å². The van der Waals surface area contributed by atoms with E-state index in [0.29, 0.717) is 11.5 Å². The summed E-state index contributed by atoms with van der Waals surface area (Å²) in [6.07, 6.45) is 2.79. The number of hydrogen-bond donors (Lipinski definition) is 1. The zero-order valence-electron chi connectivity index (χ0n) is 14.3. The second kappa shape index (κ2) is 6.12. The molecule has 2 heterocycles. The molecule has 6 heteroatoms. The van der Waals surface area contributed by atoms with Crippen LogP contribution >= 0.6 is 0 Å². The van der Waals surface area contributed by atoms with Crippen LogP contribution in [0.15, 0.2) is 36.5 Å². The van der Waals surface area contributed by atoms with E-state index < -0.39 is 0 Å². The van der Waals surface area contributed by atoms with Gasteiger partial charge in [0.25, 0.3) is 0 Å². The minimum absolute atomic E-state index is 0.651. The molecular weight excluding hydrogens is 316 g/mol. The van der Waals surface area contributed by atoms with E-state index in [1.807, 2.05) is 24.4 Å². The third-order valence-corrected chi connectivity index (χ3v) is 4.71. The van der Waals surface area contributed by atoms with E-state index in [-0.39, 0.29) is 0 Å². The van der Waals surface area contributed by atoms with E-state index in [0.717, 1.165) is 41.8 Å². The fraction of sp³-hybridized carbons (Fsp3) is 0.263. The van der Waals surface area contributed by atoms with Crippen LogP contribution in [-0.2, 0) is 13.0 Å². The Balaban J connectivity index is 1.79. The van der Waals surface area contributed by atoms with Gasteiger partial charge >= 0.3 is 0 Å². The predicted octanol–water partition coefficient (Wildman–Crippen LogP) is 2.79. The summed E-state index contributed by atoms with van der Waals surface area (Å²) in [5.74, 6) is 1.34. The van der Waals surface area contributed by atoms with Crippen LogP contribution in [0.3, 0.4) is 0 Å². The maximum atomic E-state index is 5.96. The van der Waals surface area contributed by atoms with E-state index >= 15 is 0 Å². The summed E-state index contributed by atoms with van der Waals surface area (Å²) in [5, 5.41) is 9.43. The number of nitrogens with zero attached hydrogens (tertiary/aromatic N) is 3. The van der Waals surface area contributed by atoms with Crippen molar-refractivity contribution in [3.05, 3.63) is 47.7 Å². The average Bonchev–Trinajstić information content (AvgIpc) is 2.65. The van der Waals surface area contributed by atoms with Gasteiger partial charge in [0.05, 0.1) is 31.6 Å². The van der Waals surface area contributed by atoms with Gasteiger partial charge in [-0.05, 0) is 35.7 Å². The molecule has 0 saturated carbocycles. The zero-order valence-corrected chi connectivity index (χ0v) is 14.3. The van der Waals surface area contributed by atoms with Gasteiger partial charge in [-0.1, -0.05) is 6.07 Å². The van der Waals surface area contributed by atoms with Gasteiger partial charge in [-0.2, -0.15) is 10.2 Å². The van der Waals surface area contributed by atoms with Crippen molar-refractivity contribution in [3.63, 3.8) is 0 Å². The Morgan fingerprint density at radius 1 is 1.04 bits per heavy atom. The molecule has 0 aliphatic carbocycles. The summed E-state index contributed by atoms with van der Waals surface area (Å²) in [7, 11) is 3.25. The summed E-state index contributed by atoms with van der Waals surface area (Å²) in [4.78, 5) is 2.31. The highest BCUT2D eigenvalue weighted by atomic mass is 16.5. The van der Waals surface area contributed by atoms with Crippen LogP contribution in [0.25, 0.3) is 10.9 Å². The van der Waals surface area contributed by atoms with E-state index in [1.54, 1.807) is 14.2 Å². The SMILES string of the molecule is COc1cc2nncc(N3CCc4ccc(N)cc4C3)c2cc1OC. The van der Waals surface area contributed by atoms with E-state index in [4.69, 9.17) is 15.2 Å². The molecular formula is C19H20N4O2. The minimum Gasteiger partial charge on any atom is -0.493 e. The minimum atomic E-state index is 0.651. The van der Waals surface area contributed by atoms with Crippen molar-refractivity contribution in [2.24, 2.45) is 0 Å². The Bertz CT molecular complexity index is 942. The topological polar surface area (TPSA) is 73.5 Å². The molecule has 0 fully saturated rings. The number of benzene rings is 2. The number of nitrogens with two attached hydrogens (primary N) is 1. The van der Waals surface area contributed by atoms with Crippen LogP contribution in [-0.4, -0.2) is 31.0 Å². The van der Waals surface area contributed by atoms with E-state index in [9.17, 15) is 0 Å². The highest BCUT2D eigenvalue weighted by Gasteiger charge is 2.20. The lowest BCUT2D eigenvalue weighted by Gasteiger charge is -2.31. The number of anilines is 2. The molecule has 0 unspecified atom stereocenters. The predicted molar refractivity (Wildman–Crippen MR) is 98.3 cm³/mol. The molecule has 6 nitrogen and oxygen atoms in total.